The van der Waals surface area contributed by atoms with Crippen molar-refractivity contribution >= 4 is 10.8 Å². The van der Waals surface area contributed by atoms with Crippen molar-refractivity contribution < 1.29 is 4.74 Å². The molecule has 0 aromatic heterocycles. The summed E-state index contributed by atoms with van der Waals surface area (Å²) in [7, 11) is 0. The van der Waals surface area contributed by atoms with Crippen molar-refractivity contribution in [2.45, 2.75) is 52.1 Å². The fourth-order valence-electron chi connectivity index (χ4n) is 6.30. The van der Waals surface area contributed by atoms with Crippen LogP contribution in [0.1, 0.15) is 50.2 Å². The van der Waals surface area contributed by atoms with Crippen molar-refractivity contribution in [3.63, 3.8) is 0 Å². The summed E-state index contributed by atoms with van der Waals surface area (Å²) in [5, 5.41) is 22.0. The Labute approximate surface area is 245 Å². The van der Waals surface area contributed by atoms with Crippen molar-refractivity contribution in [1.29, 1.82) is 10.5 Å². The van der Waals surface area contributed by atoms with Crippen LogP contribution in [0, 0.1) is 28.6 Å². The Kier molecular flexibility index (Phi) is 9.78. The minimum atomic E-state index is 0.189. The molecule has 0 radical (unpaired) electrons. The summed E-state index contributed by atoms with van der Waals surface area (Å²) in [6.07, 6.45) is 6.64. The highest BCUT2D eigenvalue weighted by atomic mass is 16.5. The highest BCUT2D eigenvalue weighted by molar-refractivity contribution is 5.85. The first-order chi connectivity index (χ1) is 20.2. The predicted molar refractivity (Wildman–Crippen MR) is 164 cm³/mol. The molecule has 0 unspecified atom stereocenters. The second kappa shape index (κ2) is 14.1. The topological polar surface area (TPSA) is 66.5 Å². The summed E-state index contributed by atoms with van der Waals surface area (Å²) >= 11 is 0. The number of allylic oxidation sites excluding steroid dienone is 1. The van der Waals surface area contributed by atoms with Gasteiger partial charge in [-0.1, -0.05) is 87.2 Å². The van der Waals surface area contributed by atoms with Gasteiger partial charge in [-0.05, 0) is 52.9 Å². The van der Waals surface area contributed by atoms with Crippen LogP contribution in [0.25, 0.3) is 10.8 Å². The summed E-state index contributed by atoms with van der Waals surface area (Å²) < 4.78 is 6.02. The van der Waals surface area contributed by atoms with E-state index in [1.807, 2.05) is 0 Å². The molecule has 0 N–H and O–H groups in total. The number of nitriles is 2. The summed E-state index contributed by atoms with van der Waals surface area (Å²) in [4.78, 5) is 6.83. The van der Waals surface area contributed by atoms with E-state index in [2.05, 4.69) is 100 Å². The molecule has 3 aromatic carbocycles. The number of hydrogen-bond donors (Lipinski definition) is 0. The van der Waals surface area contributed by atoms with Gasteiger partial charge >= 0.3 is 0 Å². The maximum atomic E-state index is 9.81. The van der Waals surface area contributed by atoms with E-state index in [1.54, 1.807) is 0 Å². The average Bonchev–Trinajstić information content (AvgIpc) is 3.67. The molecule has 3 aromatic rings. The Morgan fingerprint density at radius 1 is 0.927 bits per heavy atom. The van der Waals surface area contributed by atoms with Gasteiger partial charge in [0.25, 0.3) is 0 Å². The molecule has 0 spiro atoms. The lowest BCUT2D eigenvalue weighted by atomic mass is 10.0. The molecule has 0 bridgehead atoms. The molecular weight excluding hydrogens is 506 g/mol. The lowest BCUT2D eigenvalue weighted by Crippen LogP contribution is -2.34. The first-order valence-electron chi connectivity index (χ1n) is 15.1. The van der Waals surface area contributed by atoms with Crippen LogP contribution in [0.15, 0.2) is 78.1 Å². The van der Waals surface area contributed by atoms with Crippen LogP contribution in [-0.2, 0) is 13.1 Å². The molecule has 1 aliphatic heterocycles. The number of benzene rings is 3. The van der Waals surface area contributed by atoms with Crippen LogP contribution in [-0.4, -0.2) is 54.0 Å². The van der Waals surface area contributed by atoms with Gasteiger partial charge in [-0.15, -0.1) is 0 Å². The van der Waals surface area contributed by atoms with Crippen molar-refractivity contribution in [3.8, 4) is 17.9 Å². The highest BCUT2D eigenvalue weighted by Gasteiger charge is 2.29. The summed E-state index contributed by atoms with van der Waals surface area (Å²) in [5.74, 6) is 2.56. The molecule has 0 amide bonds. The Hall–Kier alpha value is -4.00. The van der Waals surface area contributed by atoms with E-state index in [0.29, 0.717) is 6.54 Å². The van der Waals surface area contributed by atoms with Gasteiger partial charge in [-0.3, -0.25) is 4.90 Å². The molecule has 212 valence electrons. The molecule has 6 heteroatoms. The first kappa shape index (κ1) is 28.5. The SMILES string of the molecule is CCN(CCN1CCN(Cc2cccc3ccccc23)C1=C(C#N)C#N)Cc1ccc(OCCC2CCCC2)cc1. The van der Waals surface area contributed by atoms with Crippen LogP contribution >= 0.6 is 0 Å². The van der Waals surface area contributed by atoms with Crippen LogP contribution in [0.2, 0.25) is 0 Å². The lowest BCUT2D eigenvalue weighted by Gasteiger charge is -2.28. The molecule has 1 heterocycles. The van der Waals surface area contributed by atoms with Crippen LogP contribution < -0.4 is 4.74 Å². The quantitative estimate of drug-likeness (QED) is 0.235. The van der Waals surface area contributed by atoms with Crippen LogP contribution in [0.3, 0.4) is 0 Å². The predicted octanol–water partition coefficient (Wildman–Crippen LogP) is 6.70. The van der Waals surface area contributed by atoms with E-state index in [1.165, 1.54) is 47.6 Å². The average molecular weight is 548 g/mol. The van der Waals surface area contributed by atoms with Gasteiger partial charge < -0.3 is 14.5 Å². The van der Waals surface area contributed by atoms with E-state index in [4.69, 9.17) is 4.74 Å². The molecular formula is C35H41N5O. The second-order valence-electron chi connectivity index (χ2n) is 11.3. The Bertz CT molecular complexity index is 1390. The Balaban J connectivity index is 1.19. The first-order valence-corrected chi connectivity index (χ1v) is 15.1. The van der Waals surface area contributed by atoms with Crippen molar-refractivity contribution in [2.75, 3.05) is 39.3 Å². The molecule has 41 heavy (non-hydrogen) atoms. The summed E-state index contributed by atoms with van der Waals surface area (Å²) in [5.41, 5.74) is 2.66. The van der Waals surface area contributed by atoms with Gasteiger partial charge in [-0.25, -0.2) is 0 Å². The molecule has 1 saturated carbocycles. The van der Waals surface area contributed by atoms with E-state index in [9.17, 15) is 10.5 Å². The Morgan fingerprint density at radius 3 is 2.41 bits per heavy atom. The fraction of sp³-hybridized carbons (Fsp3) is 0.429. The van der Waals surface area contributed by atoms with Crippen LogP contribution in [0.5, 0.6) is 5.75 Å². The molecule has 6 nitrogen and oxygen atoms in total. The molecule has 5 rings (SSSR count). The molecule has 0 atom stereocenters. The van der Waals surface area contributed by atoms with Gasteiger partial charge in [0.15, 0.2) is 5.57 Å². The maximum absolute atomic E-state index is 9.81. The van der Waals surface area contributed by atoms with E-state index in [-0.39, 0.29) is 5.57 Å². The monoisotopic (exact) mass is 547 g/mol. The molecule has 1 saturated heterocycles. The normalized spacial score (nSPS) is 15.5. The van der Waals surface area contributed by atoms with Crippen molar-refractivity contribution in [2.24, 2.45) is 5.92 Å². The summed E-state index contributed by atoms with van der Waals surface area (Å²) in [6, 6.07) is 27.6. The largest absolute Gasteiger partial charge is 0.494 e. The fourth-order valence-corrected chi connectivity index (χ4v) is 6.30. The Morgan fingerprint density at radius 2 is 1.66 bits per heavy atom. The van der Waals surface area contributed by atoms with E-state index in [0.717, 1.165) is 69.8 Å². The van der Waals surface area contributed by atoms with E-state index < -0.39 is 0 Å². The number of ether oxygens (including phenoxy) is 1. The lowest BCUT2D eigenvalue weighted by molar-refractivity contribution is 0.234. The van der Waals surface area contributed by atoms with Gasteiger partial charge in [-0.2, -0.15) is 10.5 Å². The zero-order chi connectivity index (χ0) is 28.4. The third kappa shape index (κ3) is 7.20. The van der Waals surface area contributed by atoms with Gasteiger partial charge in [0.05, 0.1) is 6.61 Å². The van der Waals surface area contributed by atoms with Gasteiger partial charge in [0.1, 0.15) is 23.7 Å². The number of nitrogens with zero attached hydrogens (tertiary/aromatic N) is 5. The minimum Gasteiger partial charge on any atom is -0.494 e. The molecule has 2 aliphatic rings. The third-order valence-corrected chi connectivity index (χ3v) is 8.66. The zero-order valence-electron chi connectivity index (χ0n) is 24.3. The number of rotatable bonds is 12. The van der Waals surface area contributed by atoms with Gasteiger partial charge in [0.2, 0.25) is 0 Å². The van der Waals surface area contributed by atoms with Crippen molar-refractivity contribution in [1.82, 2.24) is 14.7 Å². The summed E-state index contributed by atoms with van der Waals surface area (Å²) in [6.45, 7) is 8.66. The van der Waals surface area contributed by atoms with E-state index >= 15 is 0 Å². The molecule has 1 aliphatic carbocycles. The zero-order valence-corrected chi connectivity index (χ0v) is 24.3. The number of likely N-dealkylation sites (N-methyl/N-ethyl adjacent to an activating group) is 1. The minimum absolute atomic E-state index is 0.189. The highest BCUT2D eigenvalue weighted by Crippen LogP contribution is 2.29. The number of hydrogen-bond acceptors (Lipinski definition) is 6. The van der Waals surface area contributed by atoms with Gasteiger partial charge in [0, 0.05) is 39.3 Å². The molecule has 2 fully saturated rings. The maximum Gasteiger partial charge on any atom is 0.169 e. The van der Waals surface area contributed by atoms with Crippen molar-refractivity contribution in [3.05, 3.63) is 89.3 Å². The third-order valence-electron chi connectivity index (χ3n) is 8.66. The number of fused-ring (bicyclic) bond motifs is 1. The smallest absolute Gasteiger partial charge is 0.169 e. The second-order valence-corrected chi connectivity index (χ2v) is 11.3. The standard InChI is InChI=1S/C35H41N5O/c1-2-38(26-29-14-16-33(17-15-29)41-23-18-28-8-3-4-9-28)19-20-39-21-22-40(35(39)32(24-36)25-37)27-31-12-7-11-30-10-5-6-13-34(30)31/h5-7,10-17,28H,2-4,8-9,18-23,26-27H2,1H3. The van der Waals surface area contributed by atoms with Crippen LogP contribution in [0.4, 0.5) is 0 Å².